The highest BCUT2D eigenvalue weighted by Crippen LogP contribution is 2.35. The van der Waals surface area contributed by atoms with Gasteiger partial charge < -0.3 is 10.1 Å². The van der Waals surface area contributed by atoms with Crippen molar-refractivity contribution in [2.45, 2.75) is 50.3 Å². The van der Waals surface area contributed by atoms with Gasteiger partial charge in [0.05, 0.1) is 11.3 Å². The number of nitrogens with one attached hydrogen (secondary N) is 1. The molecule has 0 aromatic carbocycles. The van der Waals surface area contributed by atoms with Crippen LogP contribution in [-0.2, 0) is 11.3 Å². The van der Waals surface area contributed by atoms with Gasteiger partial charge in [0, 0.05) is 38.5 Å². The molecular formula is C20H32N4O. The molecule has 3 saturated heterocycles. The predicted octanol–water partition coefficient (Wildman–Crippen LogP) is 1.89. The summed E-state index contributed by atoms with van der Waals surface area (Å²) >= 11 is 0. The van der Waals surface area contributed by atoms with E-state index >= 15 is 0 Å². The molecule has 0 bridgehead atoms. The summed E-state index contributed by atoms with van der Waals surface area (Å²) in [5.74, 6) is 0. The monoisotopic (exact) mass is 344 g/mol. The molecule has 1 aromatic rings. The fourth-order valence-electron chi connectivity index (χ4n) is 4.78. The Hall–Kier alpha value is -1.01. The highest BCUT2D eigenvalue weighted by atomic mass is 16.5. The molecule has 0 amide bonds. The van der Waals surface area contributed by atoms with Crippen molar-refractivity contribution in [1.29, 1.82) is 0 Å². The molecule has 3 fully saturated rings. The molecule has 1 unspecified atom stereocenters. The Bertz CT molecular complexity index is 526. The first kappa shape index (κ1) is 17.4. The summed E-state index contributed by atoms with van der Waals surface area (Å²) < 4.78 is 6.27. The van der Waals surface area contributed by atoms with Gasteiger partial charge in [0.1, 0.15) is 0 Å². The Morgan fingerprint density at radius 2 is 2.08 bits per heavy atom. The Balaban J connectivity index is 1.32. The molecule has 4 rings (SSSR count). The summed E-state index contributed by atoms with van der Waals surface area (Å²) in [5, 5.41) is 3.48. The number of nitrogens with zero attached hydrogens (tertiary/aromatic N) is 3. The number of hydrogen-bond acceptors (Lipinski definition) is 5. The van der Waals surface area contributed by atoms with Crippen molar-refractivity contribution in [3.05, 3.63) is 30.1 Å². The molecule has 3 aliphatic heterocycles. The number of pyridine rings is 1. The van der Waals surface area contributed by atoms with Crippen LogP contribution in [-0.4, -0.2) is 72.3 Å². The van der Waals surface area contributed by atoms with E-state index in [1.54, 1.807) is 0 Å². The van der Waals surface area contributed by atoms with Crippen molar-refractivity contribution in [3.63, 3.8) is 0 Å². The van der Waals surface area contributed by atoms with Crippen LogP contribution in [0.15, 0.2) is 24.4 Å². The zero-order valence-electron chi connectivity index (χ0n) is 15.3. The summed E-state index contributed by atoms with van der Waals surface area (Å²) in [7, 11) is 0. The lowest BCUT2D eigenvalue weighted by molar-refractivity contribution is -0.120. The summed E-state index contributed by atoms with van der Waals surface area (Å²) in [6, 6.07) is 6.94. The van der Waals surface area contributed by atoms with E-state index in [2.05, 4.69) is 32.2 Å². The molecule has 0 radical (unpaired) electrons. The Morgan fingerprint density at radius 1 is 1.16 bits per heavy atom. The molecule has 3 aliphatic rings. The second kappa shape index (κ2) is 8.12. The van der Waals surface area contributed by atoms with Gasteiger partial charge in [-0.15, -0.1) is 0 Å². The van der Waals surface area contributed by atoms with E-state index in [4.69, 9.17) is 4.74 Å². The average Bonchev–Trinajstić information content (AvgIpc) is 2.89. The molecule has 1 atom stereocenters. The third kappa shape index (κ3) is 4.40. The van der Waals surface area contributed by atoms with Gasteiger partial charge in [0.25, 0.3) is 0 Å². The third-order valence-electron chi connectivity index (χ3n) is 6.23. The van der Waals surface area contributed by atoms with Crippen molar-refractivity contribution >= 4 is 0 Å². The van der Waals surface area contributed by atoms with Gasteiger partial charge in [-0.2, -0.15) is 0 Å². The maximum absolute atomic E-state index is 6.27. The minimum absolute atomic E-state index is 0.161. The Morgan fingerprint density at radius 3 is 2.92 bits per heavy atom. The van der Waals surface area contributed by atoms with Crippen LogP contribution in [0.4, 0.5) is 0 Å². The molecule has 1 aromatic heterocycles. The van der Waals surface area contributed by atoms with Crippen molar-refractivity contribution in [2.75, 3.05) is 45.9 Å². The number of aromatic nitrogens is 1. The zero-order valence-corrected chi connectivity index (χ0v) is 15.3. The van der Waals surface area contributed by atoms with Crippen LogP contribution in [0.3, 0.4) is 0 Å². The summed E-state index contributed by atoms with van der Waals surface area (Å²) in [5.41, 5.74) is 1.35. The van der Waals surface area contributed by atoms with E-state index in [1.165, 1.54) is 57.4 Å². The second-order valence-electron chi connectivity index (χ2n) is 7.91. The molecule has 1 N–H and O–H groups in total. The van der Waals surface area contributed by atoms with Crippen molar-refractivity contribution in [1.82, 2.24) is 20.1 Å². The molecule has 1 spiro atoms. The lowest BCUT2D eigenvalue weighted by atomic mass is 9.82. The van der Waals surface area contributed by atoms with E-state index in [0.29, 0.717) is 6.04 Å². The van der Waals surface area contributed by atoms with Crippen molar-refractivity contribution in [3.8, 4) is 0 Å². The fourth-order valence-corrected chi connectivity index (χ4v) is 4.78. The van der Waals surface area contributed by atoms with E-state index in [9.17, 15) is 0 Å². The normalized spacial score (nSPS) is 28.7. The van der Waals surface area contributed by atoms with Crippen molar-refractivity contribution in [2.24, 2.45) is 0 Å². The summed E-state index contributed by atoms with van der Waals surface area (Å²) in [6.45, 7) is 8.92. The first-order valence-electron chi connectivity index (χ1n) is 10.0. The minimum Gasteiger partial charge on any atom is -0.375 e. The third-order valence-corrected chi connectivity index (χ3v) is 6.23. The first-order valence-corrected chi connectivity index (χ1v) is 10.0. The molecule has 4 heterocycles. The standard InChI is InChI=1S/C20H32N4O/c1-2-8-22-18(4-1)17-23-11-3-12-24(14-13-23)19-5-15-25-20(16-19)6-9-21-10-7-20/h1-2,4,8,19,21H,3,5-7,9-17H2. The fraction of sp³-hybridized carbons (Fsp3) is 0.750. The van der Waals surface area contributed by atoms with Crippen LogP contribution in [0, 0.1) is 0 Å². The largest absolute Gasteiger partial charge is 0.375 e. The number of rotatable bonds is 3. The quantitative estimate of drug-likeness (QED) is 0.907. The molecule has 138 valence electrons. The highest BCUT2D eigenvalue weighted by Gasteiger charge is 2.40. The molecule has 0 saturated carbocycles. The van der Waals surface area contributed by atoms with Gasteiger partial charge in [-0.05, 0) is 70.4 Å². The van der Waals surface area contributed by atoms with E-state index in [1.807, 2.05) is 12.3 Å². The van der Waals surface area contributed by atoms with E-state index in [-0.39, 0.29) is 5.60 Å². The van der Waals surface area contributed by atoms with E-state index < -0.39 is 0 Å². The maximum Gasteiger partial charge on any atom is 0.0721 e. The smallest absolute Gasteiger partial charge is 0.0721 e. The number of piperidine rings is 1. The summed E-state index contributed by atoms with van der Waals surface area (Å²) in [6.07, 6.45) is 7.97. The molecule has 5 heteroatoms. The Kier molecular flexibility index (Phi) is 5.66. The predicted molar refractivity (Wildman–Crippen MR) is 99.5 cm³/mol. The molecule has 0 aliphatic carbocycles. The van der Waals surface area contributed by atoms with Gasteiger partial charge in [0.15, 0.2) is 0 Å². The minimum atomic E-state index is 0.161. The van der Waals surface area contributed by atoms with Crippen LogP contribution in [0.1, 0.15) is 37.8 Å². The van der Waals surface area contributed by atoms with Gasteiger partial charge in [-0.1, -0.05) is 6.07 Å². The topological polar surface area (TPSA) is 40.6 Å². The summed E-state index contributed by atoms with van der Waals surface area (Å²) in [4.78, 5) is 9.82. The molecular weight excluding hydrogens is 312 g/mol. The van der Waals surface area contributed by atoms with Gasteiger partial charge in [0.2, 0.25) is 0 Å². The Labute approximate surface area is 151 Å². The highest BCUT2D eigenvalue weighted by molar-refractivity contribution is 5.03. The van der Waals surface area contributed by atoms with Crippen LogP contribution in [0.5, 0.6) is 0 Å². The maximum atomic E-state index is 6.27. The van der Waals surface area contributed by atoms with Gasteiger partial charge in [-0.3, -0.25) is 14.8 Å². The first-order chi connectivity index (χ1) is 12.3. The molecule has 5 nitrogen and oxygen atoms in total. The second-order valence-corrected chi connectivity index (χ2v) is 7.91. The van der Waals surface area contributed by atoms with Crippen LogP contribution in [0.2, 0.25) is 0 Å². The SMILES string of the molecule is c1ccc(CN2CCCN(C3CCOC4(CCNCC4)C3)CC2)nc1. The lowest BCUT2D eigenvalue weighted by Gasteiger charge is -2.46. The number of ether oxygens (including phenoxy) is 1. The van der Waals surface area contributed by atoms with E-state index in [0.717, 1.165) is 32.8 Å². The average molecular weight is 345 g/mol. The van der Waals surface area contributed by atoms with Crippen LogP contribution in [0.25, 0.3) is 0 Å². The van der Waals surface area contributed by atoms with Crippen LogP contribution < -0.4 is 5.32 Å². The lowest BCUT2D eigenvalue weighted by Crippen LogP contribution is -2.53. The molecule has 25 heavy (non-hydrogen) atoms. The number of hydrogen-bond donors (Lipinski definition) is 1. The van der Waals surface area contributed by atoms with Gasteiger partial charge >= 0.3 is 0 Å². The van der Waals surface area contributed by atoms with Crippen molar-refractivity contribution < 1.29 is 4.74 Å². The zero-order chi connectivity index (χ0) is 17.0. The van der Waals surface area contributed by atoms with Crippen LogP contribution >= 0.6 is 0 Å². The van der Waals surface area contributed by atoms with Gasteiger partial charge in [-0.25, -0.2) is 0 Å².